The zero-order valence-corrected chi connectivity index (χ0v) is 9.97. The molecule has 0 radical (unpaired) electrons. The second-order valence-corrected chi connectivity index (χ2v) is 4.57. The highest BCUT2D eigenvalue weighted by molar-refractivity contribution is 5.94. The molecule has 1 aliphatic carbocycles. The molecule has 2 aromatic rings. The SMILES string of the molecule is Cn1c(NC(=O)C2CC2)nc2cc(C#N)ccc21. The number of imidazole rings is 1. The fourth-order valence-electron chi connectivity index (χ4n) is 1.94. The van der Waals surface area contributed by atoms with Crippen LogP contribution < -0.4 is 5.32 Å². The predicted octanol–water partition coefficient (Wildman–Crippen LogP) is 1.79. The van der Waals surface area contributed by atoms with E-state index in [0.717, 1.165) is 23.9 Å². The lowest BCUT2D eigenvalue weighted by Crippen LogP contribution is -2.16. The average molecular weight is 240 g/mol. The second kappa shape index (κ2) is 3.84. The van der Waals surface area contributed by atoms with Gasteiger partial charge in [0.1, 0.15) is 0 Å². The summed E-state index contributed by atoms with van der Waals surface area (Å²) in [7, 11) is 1.85. The van der Waals surface area contributed by atoms with E-state index in [0.29, 0.717) is 11.5 Å². The second-order valence-electron chi connectivity index (χ2n) is 4.57. The van der Waals surface area contributed by atoms with E-state index < -0.39 is 0 Å². The molecule has 0 atom stereocenters. The number of amides is 1. The lowest BCUT2D eigenvalue weighted by atomic mass is 10.2. The van der Waals surface area contributed by atoms with Gasteiger partial charge in [0.25, 0.3) is 0 Å². The zero-order valence-electron chi connectivity index (χ0n) is 9.97. The molecule has 90 valence electrons. The third kappa shape index (κ3) is 1.72. The quantitative estimate of drug-likeness (QED) is 0.870. The van der Waals surface area contributed by atoms with Crippen molar-refractivity contribution >= 4 is 22.9 Å². The summed E-state index contributed by atoms with van der Waals surface area (Å²) in [4.78, 5) is 16.1. The molecule has 0 saturated heterocycles. The number of anilines is 1. The van der Waals surface area contributed by atoms with Crippen molar-refractivity contribution in [2.75, 3.05) is 5.32 Å². The van der Waals surface area contributed by atoms with Gasteiger partial charge in [-0.1, -0.05) is 0 Å². The maximum atomic E-state index is 11.7. The van der Waals surface area contributed by atoms with Crippen LogP contribution in [-0.2, 0) is 11.8 Å². The lowest BCUT2D eigenvalue weighted by molar-refractivity contribution is -0.117. The van der Waals surface area contributed by atoms with Gasteiger partial charge in [0.15, 0.2) is 0 Å². The first-order valence-electron chi connectivity index (χ1n) is 5.86. The summed E-state index contributed by atoms with van der Waals surface area (Å²) in [5.74, 6) is 0.727. The van der Waals surface area contributed by atoms with Crippen LogP contribution in [0.5, 0.6) is 0 Å². The normalized spacial score (nSPS) is 14.4. The third-order valence-electron chi connectivity index (χ3n) is 3.19. The van der Waals surface area contributed by atoms with Gasteiger partial charge in [-0.25, -0.2) is 4.98 Å². The van der Waals surface area contributed by atoms with E-state index in [2.05, 4.69) is 16.4 Å². The average Bonchev–Trinajstić information content (AvgIpc) is 3.17. The summed E-state index contributed by atoms with van der Waals surface area (Å²) in [6.45, 7) is 0. The molecule has 5 heteroatoms. The summed E-state index contributed by atoms with van der Waals surface area (Å²) in [6, 6.07) is 7.39. The van der Waals surface area contributed by atoms with Gasteiger partial charge in [0.2, 0.25) is 11.9 Å². The maximum absolute atomic E-state index is 11.7. The molecule has 1 N–H and O–H groups in total. The lowest BCUT2D eigenvalue weighted by Gasteiger charge is -2.03. The van der Waals surface area contributed by atoms with E-state index in [1.165, 1.54) is 0 Å². The van der Waals surface area contributed by atoms with Crippen molar-refractivity contribution in [1.82, 2.24) is 9.55 Å². The molecule has 1 aliphatic rings. The molecule has 0 aliphatic heterocycles. The summed E-state index contributed by atoms with van der Waals surface area (Å²) in [5, 5.41) is 11.7. The molecule has 0 unspecified atom stereocenters. The first-order valence-corrected chi connectivity index (χ1v) is 5.86. The number of nitriles is 1. The van der Waals surface area contributed by atoms with E-state index >= 15 is 0 Å². The number of aromatic nitrogens is 2. The topological polar surface area (TPSA) is 70.7 Å². The Kier molecular flexibility index (Phi) is 2.30. The van der Waals surface area contributed by atoms with Crippen LogP contribution in [0, 0.1) is 17.2 Å². The Bertz CT molecular complexity index is 676. The molecule has 1 amide bonds. The molecular weight excluding hydrogens is 228 g/mol. The van der Waals surface area contributed by atoms with Gasteiger partial charge < -0.3 is 4.57 Å². The number of nitrogens with one attached hydrogen (secondary N) is 1. The first kappa shape index (κ1) is 10.8. The van der Waals surface area contributed by atoms with Crippen LogP contribution in [0.4, 0.5) is 5.95 Å². The van der Waals surface area contributed by atoms with Crippen molar-refractivity contribution in [1.29, 1.82) is 5.26 Å². The summed E-state index contributed by atoms with van der Waals surface area (Å²) >= 11 is 0. The Hall–Kier alpha value is -2.35. The van der Waals surface area contributed by atoms with Gasteiger partial charge in [-0.2, -0.15) is 5.26 Å². The van der Waals surface area contributed by atoms with Gasteiger partial charge in [0, 0.05) is 13.0 Å². The third-order valence-corrected chi connectivity index (χ3v) is 3.19. The van der Waals surface area contributed by atoms with Crippen LogP contribution in [0.2, 0.25) is 0 Å². The first-order chi connectivity index (χ1) is 8.69. The van der Waals surface area contributed by atoms with Gasteiger partial charge in [-0.15, -0.1) is 0 Å². The van der Waals surface area contributed by atoms with Crippen molar-refractivity contribution in [2.24, 2.45) is 13.0 Å². The minimum absolute atomic E-state index is 0.0360. The number of hydrogen-bond donors (Lipinski definition) is 1. The predicted molar refractivity (Wildman–Crippen MR) is 66.8 cm³/mol. The van der Waals surface area contributed by atoms with Crippen molar-refractivity contribution in [3.05, 3.63) is 23.8 Å². The molecular formula is C13H12N4O. The van der Waals surface area contributed by atoms with E-state index in [9.17, 15) is 4.79 Å². The van der Waals surface area contributed by atoms with Crippen molar-refractivity contribution in [3.63, 3.8) is 0 Å². The number of aryl methyl sites for hydroxylation is 1. The highest BCUT2D eigenvalue weighted by Crippen LogP contribution is 2.30. The smallest absolute Gasteiger partial charge is 0.229 e. The van der Waals surface area contributed by atoms with Gasteiger partial charge in [0.05, 0.1) is 22.7 Å². The number of carbonyl (C=O) groups excluding carboxylic acids is 1. The Balaban J connectivity index is 1.99. The Morgan fingerprint density at radius 1 is 1.56 bits per heavy atom. The molecule has 1 heterocycles. The fraction of sp³-hybridized carbons (Fsp3) is 0.308. The molecule has 3 rings (SSSR count). The van der Waals surface area contributed by atoms with E-state index in [-0.39, 0.29) is 11.8 Å². The van der Waals surface area contributed by atoms with Gasteiger partial charge in [-0.05, 0) is 31.0 Å². The minimum Gasteiger partial charge on any atom is -0.313 e. The number of hydrogen-bond acceptors (Lipinski definition) is 3. The maximum Gasteiger partial charge on any atom is 0.229 e. The van der Waals surface area contributed by atoms with Crippen molar-refractivity contribution in [3.8, 4) is 6.07 Å². The number of nitrogens with zero attached hydrogens (tertiary/aromatic N) is 3. The monoisotopic (exact) mass is 240 g/mol. The number of carbonyl (C=O) groups is 1. The Labute approximate surface area is 104 Å². The van der Waals surface area contributed by atoms with Crippen LogP contribution >= 0.6 is 0 Å². The Morgan fingerprint density at radius 2 is 2.33 bits per heavy atom. The van der Waals surface area contributed by atoms with Crippen molar-refractivity contribution in [2.45, 2.75) is 12.8 Å². The van der Waals surface area contributed by atoms with E-state index in [1.54, 1.807) is 12.1 Å². The molecule has 5 nitrogen and oxygen atoms in total. The Morgan fingerprint density at radius 3 is 3.00 bits per heavy atom. The van der Waals surface area contributed by atoms with Crippen LogP contribution in [0.15, 0.2) is 18.2 Å². The number of fused-ring (bicyclic) bond motifs is 1. The largest absolute Gasteiger partial charge is 0.313 e. The zero-order chi connectivity index (χ0) is 12.7. The van der Waals surface area contributed by atoms with Gasteiger partial charge in [-0.3, -0.25) is 10.1 Å². The molecule has 1 aromatic carbocycles. The highest BCUT2D eigenvalue weighted by atomic mass is 16.2. The van der Waals surface area contributed by atoms with E-state index in [1.807, 2.05) is 17.7 Å². The summed E-state index contributed by atoms with van der Waals surface area (Å²) < 4.78 is 1.83. The minimum atomic E-state index is 0.0360. The molecule has 0 spiro atoms. The molecule has 1 fully saturated rings. The molecule has 1 saturated carbocycles. The fourth-order valence-corrected chi connectivity index (χ4v) is 1.94. The van der Waals surface area contributed by atoms with Gasteiger partial charge >= 0.3 is 0 Å². The van der Waals surface area contributed by atoms with Crippen LogP contribution in [-0.4, -0.2) is 15.5 Å². The number of benzene rings is 1. The molecule has 1 aromatic heterocycles. The number of rotatable bonds is 2. The highest BCUT2D eigenvalue weighted by Gasteiger charge is 2.30. The van der Waals surface area contributed by atoms with Crippen LogP contribution in [0.25, 0.3) is 11.0 Å². The molecule has 18 heavy (non-hydrogen) atoms. The van der Waals surface area contributed by atoms with Crippen LogP contribution in [0.1, 0.15) is 18.4 Å². The van der Waals surface area contributed by atoms with E-state index in [4.69, 9.17) is 5.26 Å². The summed E-state index contributed by atoms with van der Waals surface area (Å²) in [5.41, 5.74) is 2.20. The van der Waals surface area contributed by atoms with Crippen LogP contribution in [0.3, 0.4) is 0 Å². The standard InChI is InChI=1S/C13H12N4O/c1-17-11-5-2-8(7-14)6-10(11)15-13(17)16-12(18)9-3-4-9/h2,5-6,9H,3-4H2,1H3,(H,15,16,18). The summed E-state index contributed by atoms with van der Waals surface area (Å²) in [6.07, 6.45) is 1.93. The van der Waals surface area contributed by atoms with Crippen molar-refractivity contribution < 1.29 is 4.79 Å². The molecule has 0 bridgehead atoms.